The van der Waals surface area contributed by atoms with Gasteiger partial charge in [0.15, 0.2) is 0 Å². The van der Waals surface area contributed by atoms with E-state index in [0.717, 1.165) is 18.5 Å². The van der Waals surface area contributed by atoms with Gasteiger partial charge in [0.1, 0.15) is 0 Å². The molecule has 1 aromatic carbocycles. The number of carbonyl (C=O) groups is 3. The van der Waals surface area contributed by atoms with Crippen LogP contribution in [0.2, 0.25) is 0 Å². The van der Waals surface area contributed by atoms with Gasteiger partial charge >= 0.3 is 5.97 Å². The normalized spacial score (nSPS) is 16.0. The highest BCUT2D eigenvalue weighted by Gasteiger charge is 2.39. The largest absolute Gasteiger partial charge is 0.364 e. The predicted octanol–water partition coefficient (Wildman–Crippen LogP) is 3.59. The summed E-state index contributed by atoms with van der Waals surface area (Å²) < 4.78 is 5.37. The lowest BCUT2D eigenvalue weighted by atomic mass is 10.0. The second-order valence-corrected chi connectivity index (χ2v) is 7.60. The smallest absolute Gasteiger partial charge is 0.335 e. The van der Waals surface area contributed by atoms with Crippen molar-refractivity contribution in [2.45, 2.75) is 38.5 Å². The van der Waals surface area contributed by atoms with Crippen molar-refractivity contribution >= 4 is 28.9 Å². The molecule has 2 aliphatic rings. The number of carbonyl (C=O) groups excluding carboxylic acids is 3. The number of hydroxylamine groups is 2. The van der Waals surface area contributed by atoms with Gasteiger partial charge in [0.2, 0.25) is 0 Å². The summed E-state index contributed by atoms with van der Waals surface area (Å²) in [6.07, 6.45) is 1.97. The molecule has 2 aromatic heterocycles. The topological polar surface area (TPSA) is 103 Å². The van der Waals surface area contributed by atoms with E-state index in [0.29, 0.717) is 16.1 Å². The Morgan fingerprint density at radius 2 is 1.83 bits per heavy atom. The van der Waals surface area contributed by atoms with Crippen LogP contribution in [0, 0.1) is 0 Å². The molecule has 1 aliphatic carbocycles. The standard InChI is InChI=1S/C21H17N3O5/c1-10(2)17-16-14(9-15(11-7-8-11)22-18(16)28-23-17)21(27)29-24-19(25)12-5-3-4-6-13(12)20(24)26/h3-6,9-11H,7-8H2,1-2H3. The minimum atomic E-state index is -0.820. The summed E-state index contributed by atoms with van der Waals surface area (Å²) in [6, 6.07) is 8.00. The summed E-state index contributed by atoms with van der Waals surface area (Å²) in [7, 11) is 0. The highest BCUT2D eigenvalue weighted by Crippen LogP contribution is 2.41. The number of fused-ring (bicyclic) bond motifs is 2. The van der Waals surface area contributed by atoms with Crippen molar-refractivity contribution in [2.75, 3.05) is 0 Å². The molecular weight excluding hydrogens is 374 g/mol. The quantitative estimate of drug-likeness (QED) is 0.626. The minimum Gasteiger partial charge on any atom is -0.335 e. The van der Waals surface area contributed by atoms with Crippen LogP contribution in [0.4, 0.5) is 0 Å². The third-order valence-electron chi connectivity index (χ3n) is 5.19. The number of amides is 2. The zero-order chi connectivity index (χ0) is 20.3. The molecule has 3 heterocycles. The van der Waals surface area contributed by atoms with Crippen molar-refractivity contribution in [3.05, 3.63) is 58.4 Å². The van der Waals surface area contributed by atoms with Crippen molar-refractivity contribution in [3.8, 4) is 0 Å². The first kappa shape index (κ1) is 17.5. The van der Waals surface area contributed by atoms with Crippen molar-refractivity contribution in [1.29, 1.82) is 0 Å². The van der Waals surface area contributed by atoms with Crippen molar-refractivity contribution in [1.82, 2.24) is 15.2 Å². The lowest BCUT2D eigenvalue weighted by Crippen LogP contribution is -2.32. The zero-order valence-electron chi connectivity index (χ0n) is 15.8. The fourth-order valence-corrected chi connectivity index (χ4v) is 3.52. The maximum atomic E-state index is 13.1. The summed E-state index contributed by atoms with van der Waals surface area (Å²) in [4.78, 5) is 47.9. The molecule has 0 saturated heterocycles. The highest BCUT2D eigenvalue weighted by molar-refractivity contribution is 6.21. The molecule has 3 aromatic rings. The monoisotopic (exact) mass is 391 g/mol. The summed E-state index contributed by atoms with van der Waals surface area (Å²) in [5.41, 5.74) is 2.15. The van der Waals surface area contributed by atoms with Gasteiger partial charge < -0.3 is 9.36 Å². The molecule has 2 amide bonds. The van der Waals surface area contributed by atoms with Gasteiger partial charge in [-0.2, -0.15) is 0 Å². The Labute approximate surface area is 165 Å². The molecule has 0 radical (unpaired) electrons. The van der Waals surface area contributed by atoms with Crippen LogP contribution in [0.1, 0.15) is 81.0 Å². The van der Waals surface area contributed by atoms with Crippen LogP contribution in [0.15, 0.2) is 34.9 Å². The van der Waals surface area contributed by atoms with E-state index in [-0.39, 0.29) is 34.2 Å². The van der Waals surface area contributed by atoms with Crippen LogP contribution in [0.25, 0.3) is 11.1 Å². The summed E-state index contributed by atoms with van der Waals surface area (Å²) in [5.74, 6) is -1.91. The van der Waals surface area contributed by atoms with Crippen LogP contribution in [0.3, 0.4) is 0 Å². The first-order valence-electron chi connectivity index (χ1n) is 9.46. The van der Waals surface area contributed by atoms with Gasteiger partial charge in [0, 0.05) is 11.6 Å². The maximum Gasteiger partial charge on any atom is 0.364 e. The van der Waals surface area contributed by atoms with Gasteiger partial charge in [0.05, 0.1) is 27.8 Å². The average Bonchev–Trinajstić information content (AvgIpc) is 3.43. The fraction of sp³-hybridized carbons (Fsp3) is 0.286. The van der Waals surface area contributed by atoms with Crippen LogP contribution in [-0.4, -0.2) is 33.0 Å². The molecule has 8 nitrogen and oxygen atoms in total. The first-order valence-corrected chi connectivity index (χ1v) is 9.46. The van der Waals surface area contributed by atoms with Crippen LogP contribution < -0.4 is 0 Å². The third kappa shape index (κ3) is 2.71. The fourth-order valence-electron chi connectivity index (χ4n) is 3.52. The zero-order valence-corrected chi connectivity index (χ0v) is 15.8. The number of hydrogen-bond acceptors (Lipinski definition) is 7. The Bertz CT molecular complexity index is 1160. The lowest BCUT2D eigenvalue weighted by Gasteiger charge is -2.14. The Balaban J connectivity index is 1.55. The Kier molecular flexibility index (Phi) is 3.77. The number of hydrogen-bond donors (Lipinski definition) is 0. The van der Waals surface area contributed by atoms with Crippen LogP contribution in [0.5, 0.6) is 0 Å². The van der Waals surface area contributed by atoms with Crippen LogP contribution in [-0.2, 0) is 4.84 Å². The molecule has 5 rings (SSSR count). The molecule has 0 atom stereocenters. The van der Waals surface area contributed by atoms with Gasteiger partial charge in [-0.3, -0.25) is 9.59 Å². The molecule has 0 unspecified atom stereocenters. The average molecular weight is 391 g/mol. The molecule has 1 aliphatic heterocycles. The van der Waals surface area contributed by atoms with Crippen molar-refractivity contribution < 1.29 is 23.7 Å². The van der Waals surface area contributed by atoms with E-state index >= 15 is 0 Å². The highest BCUT2D eigenvalue weighted by atomic mass is 16.7. The molecule has 8 heteroatoms. The van der Waals surface area contributed by atoms with Gasteiger partial charge in [-0.05, 0) is 37.0 Å². The molecule has 1 fully saturated rings. The SMILES string of the molecule is CC(C)c1noc2nc(C3CC3)cc(C(=O)ON3C(=O)c4ccccc4C3=O)c12. The number of imide groups is 1. The lowest BCUT2D eigenvalue weighted by molar-refractivity contribution is -0.0583. The Morgan fingerprint density at radius 1 is 1.17 bits per heavy atom. The van der Waals surface area contributed by atoms with Crippen molar-refractivity contribution in [3.63, 3.8) is 0 Å². The maximum absolute atomic E-state index is 13.1. The van der Waals surface area contributed by atoms with E-state index in [4.69, 9.17) is 9.36 Å². The number of benzene rings is 1. The van der Waals surface area contributed by atoms with E-state index in [9.17, 15) is 14.4 Å². The first-order chi connectivity index (χ1) is 14.0. The van der Waals surface area contributed by atoms with Crippen LogP contribution >= 0.6 is 0 Å². The number of pyridine rings is 1. The van der Waals surface area contributed by atoms with Crippen molar-refractivity contribution in [2.24, 2.45) is 0 Å². The molecule has 0 N–H and O–H groups in total. The number of nitrogens with zero attached hydrogens (tertiary/aromatic N) is 3. The van der Waals surface area contributed by atoms with E-state index in [1.165, 1.54) is 12.1 Å². The molecule has 29 heavy (non-hydrogen) atoms. The summed E-state index contributed by atoms with van der Waals surface area (Å²) in [6.45, 7) is 3.84. The minimum absolute atomic E-state index is 0.0179. The Morgan fingerprint density at radius 3 is 2.41 bits per heavy atom. The van der Waals surface area contributed by atoms with Gasteiger partial charge in [0.25, 0.3) is 17.5 Å². The van der Waals surface area contributed by atoms with E-state index in [1.807, 2.05) is 13.8 Å². The number of rotatable bonds is 4. The molecular formula is C21H17N3O5. The molecule has 1 saturated carbocycles. The predicted molar refractivity (Wildman–Crippen MR) is 100 cm³/mol. The van der Waals surface area contributed by atoms with Gasteiger partial charge in [-0.25, -0.2) is 9.78 Å². The van der Waals surface area contributed by atoms with Gasteiger partial charge in [-0.15, -0.1) is 0 Å². The summed E-state index contributed by atoms with van der Waals surface area (Å²) >= 11 is 0. The molecule has 146 valence electrons. The third-order valence-corrected chi connectivity index (χ3v) is 5.19. The molecule has 0 spiro atoms. The van der Waals surface area contributed by atoms with Gasteiger partial charge in [-0.1, -0.05) is 36.2 Å². The second kappa shape index (κ2) is 6.23. The van der Waals surface area contributed by atoms with E-state index in [1.54, 1.807) is 18.2 Å². The van der Waals surface area contributed by atoms with E-state index < -0.39 is 17.8 Å². The molecule has 0 bridgehead atoms. The summed E-state index contributed by atoms with van der Waals surface area (Å²) in [5, 5.41) is 5.02. The van der Waals surface area contributed by atoms with E-state index in [2.05, 4.69) is 10.1 Å². The number of aromatic nitrogens is 2. The Hall–Kier alpha value is -3.55. The second-order valence-electron chi connectivity index (χ2n) is 7.60.